The molecule has 1 heterocycles. The first-order chi connectivity index (χ1) is 12.9. The zero-order valence-electron chi connectivity index (χ0n) is 14.6. The average Bonchev–Trinajstić information content (AvgIpc) is 2.69. The van der Waals surface area contributed by atoms with E-state index in [0.717, 1.165) is 0 Å². The van der Waals surface area contributed by atoms with Gasteiger partial charge in [-0.15, -0.1) is 0 Å². The fourth-order valence-corrected chi connectivity index (χ4v) is 4.48. The van der Waals surface area contributed by atoms with Gasteiger partial charge in [0.05, 0.1) is 16.2 Å². The van der Waals surface area contributed by atoms with Crippen molar-refractivity contribution in [2.24, 2.45) is 0 Å². The molecule has 3 rings (SSSR count). The Bertz CT molecular complexity index is 914. The molecule has 1 saturated heterocycles. The molecule has 1 aliphatic rings. The lowest BCUT2D eigenvalue weighted by Crippen LogP contribution is -2.49. The van der Waals surface area contributed by atoms with E-state index < -0.39 is 21.6 Å². The number of piperazine rings is 1. The summed E-state index contributed by atoms with van der Waals surface area (Å²) >= 11 is 5.85. The molecule has 0 atom stereocenters. The molecule has 0 unspecified atom stereocenters. The van der Waals surface area contributed by atoms with E-state index >= 15 is 0 Å². The van der Waals surface area contributed by atoms with Gasteiger partial charge in [0.25, 0.3) is 5.91 Å². The molecule has 144 valence electrons. The molecule has 0 bridgehead atoms. The van der Waals surface area contributed by atoms with E-state index in [0.29, 0.717) is 42.6 Å². The Morgan fingerprint density at radius 1 is 1.04 bits per heavy atom. The average molecular weight is 411 g/mol. The monoisotopic (exact) mass is 410 g/mol. The molecule has 0 aliphatic carbocycles. The van der Waals surface area contributed by atoms with Crippen molar-refractivity contribution >= 4 is 27.3 Å². The Labute approximate surface area is 163 Å². The molecule has 8 heteroatoms. The molecule has 2 aromatic carbocycles. The smallest absolute Gasteiger partial charge is 0.256 e. The number of halogens is 2. The van der Waals surface area contributed by atoms with Crippen molar-refractivity contribution in [1.29, 1.82) is 0 Å². The minimum atomic E-state index is -3.33. The summed E-state index contributed by atoms with van der Waals surface area (Å²) in [6, 6.07) is 12.3. The first kappa shape index (κ1) is 19.8. The van der Waals surface area contributed by atoms with Crippen LogP contribution in [0.2, 0.25) is 5.02 Å². The Morgan fingerprint density at radius 3 is 2.37 bits per heavy atom. The Balaban J connectivity index is 1.55. The maximum Gasteiger partial charge on any atom is 0.256 e. The van der Waals surface area contributed by atoms with E-state index in [1.54, 1.807) is 35.2 Å². The lowest BCUT2D eigenvalue weighted by molar-refractivity contribution is 0.0639. The van der Waals surface area contributed by atoms with Gasteiger partial charge in [0.1, 0.15) is 5.82 Å². The van der Waals surface area contributed by atoms with Crippen molar-refractivity contribution in [3.05, 3.63) is 64.9 Å². The second-order valence-electron chi connectivity index (χ2n) is 6.39. The zero-order chi connectivity index (χ0) is 19.4. The van der Waals surface area contributed by atoms with Gasteiger partial charge in [-0.1, -0.05) is 29.8 Å². The predicted octanol–water partition coefficient (Wildman–Crippen LogP) is 2.71. The van der Waals surface area contributed by atoms with Gasteiger partial charge < -0.3 is 4.90 Å². The lowest BCUT2D eigenvalue weighted by Gasteiger charge is -2.34. The standard InChI is InChI=1S/C19H20ClFN2O3S/c20-15-6-7-18(21)17(14-15)19(24)23-10-8-22(9-11-23)12-13-27(25,26)16-4-2-1-3-5-16/h1-7,14H,8-13H2. The highest BCUT2D eigenvalue weighted by Crippen LogP contribution is 2.18. The maximum atomic E-state index is 13.9. The van der Waals surface area contributed by atoms with Crippen LogP contribution in [0.15, 0.2) is 53.4 Å². The van der Waals surface area contributed by atoms with Crippen molar-refractivity contribution in [2.45, 2.75) is 4.90 Å². The maximum absolute atomic E-state index is 13.9. The minimum absolute atomic E-state index is 0.0217. The van der Waals surface area contributed by atoms with Crippen molar-refractivity contribution in [2.75, 3.05) is 38.5 Å². The van der Waals surface area contributed by atoms with E-state index in [9.17, 15) is 17.6 Å². The van der Waals surface area contributed by atoms with Crippen LogP contribution in [-0.4, -0.2) is 62.6 Å². The van der Waals surface area contributed by atoms with Gasteiger partial charge in [0, 0.05) is 37.7 Å². The quantitative estimate of drug-likeness (QED) is 0.760. The van der Waals surface area contributed by atoms with Gasteiger partial charge >= 0.3 is 0 Å². The highest BCUT2D eigenvalue weighted by molar-refractivity contribution is 7.91. The van der Waals surface area contributed by atoms with Gasteiger partial charge in [-0.2, -0.15) is 0 Å². The summed E-state index contributed by atoms with van der Waals surface area (Å²) in [5.74, 6) is -0.971. The largest absolute Gasteiger partial charge is 0.336 e. The summed E-state index contributed by atoms with van der Waals surface area (Å²) in [5, 5.41) is 0.310. The molecule has 0 aromatic heterocycles. The molecule has 2 aromatic rings. The van der Waals surface area contributed by atoms with Crippen molar-refractivity contribution in [3.8, 4) is 0 Å². The highest BCUT2D eigenvalue weighted by Gasteiger charge is 2.25. The molecule has 1 fully saturated rings. The second kappa shape index (κ2) is 8.37. The first-order valence-corrected chi connectivity index (χ1v) is 10.6. The van der Waals surface area contributed by atoms with Crippen LogP contribution in [0, 0.1) is 5.82 Å². The Hall–Kier alpha value is -1.96. The van der Waals surface area contributed by atoms with E-state index in [-0.39, 0.29) is 11.3 Å². The van der Waals surface area contributed by atoms with Crippen LogP contribution >= 0.6 is 11.6 Å². The summed E-state index contributed by atoms with van der Waals surface area (Å²) in [5.41, 5.74) is -0.0393. The topological polar surface area (TPSA) is 57.7 Å². The van der Waals surface area contributed by atoms with Gasteiger partial charge in [0.2, 0.25) is 0 Å². The number of nitrogens with zero attached hydrogens (tertiary/aromatic N) is 2. The Kier molecular flexibility index (Phi) is 6.14. The Morgan fingerprint density at radius 2 is 1.70 bits per heavy atom. The predicted molar refractivity (Wildman–Crippen MR) is 102 cm³/mol. The van der Waals surface area contributed by atoms with Crippen LogP contribution in [0.3, 0.4) is 0 Å². The van der Waals surface area contributed by atoms with Crippen LogP contribution in [-0.2, 0) is 9.84 Å². The second-order valence-corrected chi connectivity index (χ2v) is 8.94. The van der Waals surface area contributed by atoms with Crippen LogP contribution in [0.25, 0.3) is 0 Å². The molecule has 1 amide bonds. The van der Waals surface area contributed by atoms with Gasteiger partial charge in [-0.05, 0) is 30.3 Å². The summed E-state index contributed by atoms with van der Waals surface area (Å²) in [6.45, 7) is 2.30. The van der Waals surface area contributed by atoms with E-state index in [1.165, 1.54) is 18.2 Å². The number of hydrogen-bond acceptors (Lipinski definition) is 4. The summed E-state index contributed by atoms with van der Waals surface area (Å²) in [6.07, 6.45) is 0. The molecule has 0 spiro atoms. The van der Waals surface area contributed by atoms with E-state index in [2.05, 4.69) is 0 Å². The molecule has 0 radical (unpaired) electrons. The normalized spacial score (nSPS) is 15.7. The van der Waals surface area contributed by atoms with E-state index in [4.69, 9.17) is 11.6 Å². The van der Waals surface area contributed by atoms with Gasteiger partial charge in [-0.25, -0.2) is 12.8 Å². The fraction of sp³-hybridized carbons (Fsp3) is 0.316. The third kappa shape index (κ3) is 4.86. The molecule has 0 saturated carbocycles. The van der Waals surface area contributed by atoms with Crippen LogP contribution in [0.5, 0.6) is 0 Å². The van der Waals surface area contributed by atoms with Crippen LogP contribution in [0.4, 0.5) is 4.39 Å². The van der Waals surface area contributed by atoms with Gasteiger partial charge in [0.15, 0.2) is 9.84 Å². The number of carbonyl (C=O) groups is 1. The third-order valence-electron chi connectivity index (χ3n) is 4.60. The lowest BCUT2D eigenvalue weighted by atomic mass is 10.1. The molecule has 27 heavy (non-hydrogen) atoms. The number of benzene rings is 2. The first-order valence-electron chi connectivity index (χ1n) is 8.61. The van der Waals surface area contributed by atoms with Crippen molar-refractivity contribution in [1.82, 2.24) is 9.80 Å². The summed E-state index contributed by atoms with van der Waals surface area (Å²) in [7, 11) is -3.33. The van der Waals surface area contributed by atoms with Crippen LogP contribution in [0.1, 0.15) is 10.4 Å². The van der Waals surface area contributed by atoms with Crippen molar-refractivity contribution in [3.63, 3.8) is 0 Å². The fourth-order valence-electron chi connectivity index (χ4n) is 3.00. The van der Waals surface area contributed by atoms with E-state index in [1.807, 2.05) is 4.90 Å². The van der Waals surface area contributed by atoms with Crippen molar-refractivity contribution < 1.29 is 17.6 Å². The summed E-state index contributed by atoms with van der Waals surface area (Å²) in [4.78, 5) is 16.4. The van der Waals surface area contributed by atoms with Crippen LogP contribution < -0.4 is 0 Å². The SMILES string of the molecule is O=C(c1cc(Cl)ccc1F)N1CCN(CCS(=O)(=O)c2ccccc2)CC1. The number of sulfone groups is 1. The molecule has 1 aliphatic heterocycles. The number of amides is 1. The number of hydrogen-bond donors (Lipinski definition) is 0. The minimum Gasteiger partial charge on any atom is -0.336 e. The molecule has 5 nitrogen and oxygen atoms in total. The summed E-state index contributed by atoms with van der Waals surface area (Å²) < 4.78 is 38.6. The number of rotatable bonds is 5. The molecular formula is C19H20ClFN2O3S. The third-order valence-corrected chi connectivity index (χ3v) is 6.54. The molecule has 0 N–H and O–H groups in total. The van der Waals surface area contributed by atoms with Gasteiger partial charge in [-0.3, -0.25) is 9.69 Å². The molecular weight excluding hydrogens is 391 g/mol. The highest BCUT2D eigenvalue weighted by atomic mass is 35.5. The zero-order valence-corrected chi connectivity index (χ0v) is 16.2. The number of carbonyl (C=O) groups excluding carboxylic acids is 1.